The molecule has 63 heavy (non-hydrogen) atoms. The van der Waals surface area contributed by atoms with Gasteiger partial charge in [-0.2, -0.15) is 0 Å². The van der Waals surface area contributed by atoms with Crippen LogP contribution in [0.25, 0.3) is 31.9 Å². The molecule has 5 heterocycles. The van der Waals surface area contributed by atoms with E-state index in [0.29, 0.717) is 61.3 Å². The fourth-order valence-corrected chi connectivity index (χ4v) is 8.74. The van der Waals surface area contributed by atoms with Gasteiger partial charge in [-0.05, 0) is 87.0 Å². The van der Waals surface area contributed by atoms with Crippen molar-refractivity contribution in [3.63, 3.8) is 0 Å². The Hall–Kier alpha value is -5.97. The minimum absolute atomic E-state index is 0.0298. The highest BCUT2D eigenvalue weighted by Gasteiger charge is 2.28. The molecule has 0 saturated heterocycles. The fourth-order valence-electron chi connectivity index (χ4n) is 6.78. The molecule has 0 saturated carbocycles. The Bertz CT molecular complexity index is 2410. The average molecular weight is 897 g/mol. The maximum Gasteiger partial charge on any atom is 0.267 e. The molecule has 1 aliphatic carbocycles. The number of nitrogens with one attached hydrogen (secondary N) is 2. The fraction of sp³-hybridized carbons (Fsp3) is 0.383. The number of ether oxygens (including phenoxy) is 1. The number of benzene rings is 2. The van der Waals surface area contributed by atoms with Gasteiger partial charge in [-0.3, -0.25) is 14.4 Å². The van der Waals surface area contributed by atoms with Gasteiger partial charge >= 0.3 is 0 Å². The zero-order valence-corrected chi connectivity index (χ0v) is 39.1. The highest BCUT2D eigenvalue weighted by atomic mass is 32.1. The molecule has 1 aliphatic heterocycles. The summed E-state index contributed by atoms with van der Waals surface area (Å²) in [6, 6.07) is 19.5. The summed E-state index contributed by atoms with van der Waals surface area (Å²) in [6.07, 6.45) is 6.31. The molecule has 6 aromatic rings. The smallest absolute Gasteiger partial charge is 0.267 e. The summed E-state index contributed by atoms with van der Waals surface area (Å²) in [5.41, 5.74) is 13.0. The summed E-state index contributed by atoms with van der Waals surface area (Å²) in [7, 11) is 3.05. The van der Waals surface area contributed by atoms with Crippen LogP contribution in [0.15, 0.2) is 82.5 Å². The van der Waals surface area contributed by atoms with E-state index in [-0.39, 0.29) is 23.5 Å². The molecule has 1 atom stereocenters. The van der Waals surface area contributed by atoms with Gasteiger partial charge in [0.25, 0.3) is 11.8 Å². The van der Waals surface area contributed by atoms with Crippen LogP contribution in [0.2, 0.25) is 0 Å². The lowest BCUT2D eigenvalue weighted by Gasteiger charge is -2.21. The number of hydrogen-bond donors (Lipinski definition) is 4. The third kappa shape index (κ3) is 13.8. The molecule has 5 N–H and O–H groups in total. The zero-order chi connectivity index (χ0) is 45.9. The SMILES string of the molecule is CC.CC(C)Cc1cc(OCCNC(=O)C2CCc3sc4nnc(-c5ccccc5O)cc4c3C2)no1.CN.CNC(=O)C1=CCCN1C=O.Cc1ccc(-c2scnc2C)cc1. The number of amides is 3. The summed E-state index contributed by atoms with van der Waals surface area (Å²) in [6.45, 7) is 13.7. The lowest BCUT2D eigenvalue weighted by molar-refractivity contribution is -0.125. The number of thiazole rings is 1. The Labute approximate surface area is 378 Å². The molecular formula is C47H60N8O6S2. The highest BCUT2D eigenvalue weighted by molar-refractivity contribution is 7.18. The minimum atomic E-state index is -0.199. The van der Waals surface area contributed by atoms with Crippen LogP contribution in [-0.2, 0) is 33.6 Å². The number of nitrogens with zero attached hydrogens (tertiary/aromatic N) is 5. The molecule has 0 bridgehead atoms. The van der Waals surface area contributed by atoms with Crippen LogP contribution in [0.4, 0.5) is 0 Å². The van der Waals surface area contributed by atoms with E-state index in [0.717, 1.165) is 47.4 Å². The predicted molar refractivity (Wildman–Crippen MR) is 252 cm³/mol. The molecular weight excluding hydrogens is 837 g/mol. The van der Waals surface area contributed by atoms with Crippen molar-refractivity contribution in [2.45, 2.75) is 73.6 Å². The number of nitrogens with two attached hydrogens (primary N) is 1. The van der Waals surface area contributed by atoms with E-state index in [4.69, 9.17) is 9.26 Å². The molecule has 4 aromatic heterocycles. The molecule has 14 nitrogen and oxygen atoms in total. The van der Waals surface area contributed by atoms with Gasteiger partial charge in [-0.25, -0.2) is 4.98 Å². The number of likely N-dealkylation sites (N-methyl/N-ethyl adjacent to an activating group) is 1. The molecule has 2 aliphatic rings. The molecule has 1 unspecified atom stereocenters. The average Bonchev–Trinajstić information content (AvgIpc) is 4.14. The number of thiophene rings is 1. The van der Waals surface area contributed by atoms with Gasteiger partial charge in [0.2, 0.25) is 12.3 Å². The van der Waals surface area contributed by atoms with Crippen LogP contribution in [-0.4, -0.2) is 82.4 Å². The third-order valence-corrected chi connectivity index (χ3v) is 12.0. The van der Waals surface area contributed by atoms with Gasteiger partial charge in [-0.15, -0.1) is 32.9 Å². The molecule has 3 amide bonds. The topological polar surface area (TPSA) is 199 Å². The van der Waals surface area contributed by atoms with Crippen LogP contribution in [0.1, 0.15) is 68.0 Å². The highest BCUT2D eigenvalue weighted by Crippen LogP contribution is 2.39. The lowest BCUT2D eigenvalue weighted by Crippen LogP contribution is -2.36. The van der Waals surface area contributed by atoms with E-state index in [1.807, 2.05) is 44.5 Å². The van der Waals surface area contributed by atoms with Crippen molar-refractivity contribution in [1.82, 2.24) is 35.9 Å². The number of aromatic hydroxyl groups is 1. The predicted octanol–water partition coefficient (Wildman–Crippen LogP) is 8.06. The number of phenols is 1. The first-order chi connectivity index (χ1) is 30.5. The van der Waals surface area contributed by atoms with E-state index in [9.17, 15) is 19.5 Å². The van der Waals surface area contributed by atoms with Gasteiger partial charge in [0.05, 0.1) is 28.3 Å². The van der Waals surface area contributed by atoms with Crippen LogP contribution in [0.5, 0.6) is 11.6 Å². The maximum absolute atomic E-state index is 12.9. The van der Waals surface area contributed by atoms with Gasteiger partial charge in [-0.1, -0.05) is 75.7 Å². The van der Waals surface area contributed by atoms with Crippen molar-refractivity contribution in [2.75, 3.05) is 33.8 Å². The van der Waals surface area contributed by atoms with E-state index in [2.05, 4.69) is 81.7 Å². The van der Waals surface area contributed by atoms with Crippen molar-refractivity contribution in [1.29, 1.82) is 0 Å². The zero-order valence-electron chi connectivity index (χ0n) is 37.4. The maximum atomic E-state index is 12.9. The molecule has 8 rings (SSSR count). The third-order valence-electron chi connectivity index (χ3n) is 9.82. The monoisotopic (exact) mass is 896 g/mol. The van der Waals surface area contributed by atoms with Crippen molar-refractivity contribution in [3.8, 4) is 33.3 Å². The Morgan fingerprint density at radius 1 is 1.08 bits per heavy atom. The number of aryl methyl sites for hydroxylation is 3. The molecule has 0 spiro atoms. The molecule has 0 radical (unpaired) electrons. The first kappa shape index (κ1) is 49.7. The summed E-state index contributed by atoms with van der Waals surface area (Å²) in [5, 5.41) is 29.3. The first-order valence-electron chi connectivity index (χ1n) is 21.2. The van der Waals surface area contributed by atoms with E-state index >= 15 is 0 Å². The van der Waals surface area contributed by atoms with E-state index in [1.165, 1.54) is 38.4 Å². The number of carbonyl (C=O) groups is 3. The van der Waals surface area contributed by atoms with Gasteiger partial charge in [0.15, 0.2) is 0 Å². The van der Waals surface area contributed by atoms with Crippen molar-refractivity contribution in [3.05, 3.63) is 105 Å². The first-order valence-corrected chi connectivity index (χ1v) is 22.9. The number of rotatable bonds is 11. The Morgan fingerprint density at radius 2 is 1.83 bits per heavy atom. The molecule has 336 valence electrons. The second-order valence-corrected chi connectivity index (χ2v) is 16.6. The second-order valence-electron chi connectivity index (χ2n) is 14.7. The molecule has 2 aromatic carbocycles. The van der Waals surface area contributed by atoms with E-state index < -0.39 is 0 Å². The Kier molecular flexibility index (Phi) is 19.9. The van der Waals surface area contributed by atoms with Crippen LogP contribution >= 0.6 is 22.7 Å². The summed E-state index contributed by atoms with van der Waals surface area (Å²) < 4.78 is 10.9. The summed E-state index contributed by atoms with van der Waals surface area (Å²) >= 11 is 3.34. The van der Waals surface area contributed by atoms with Gasteiger partial charge in [0, 0.05) is 47.8 Å². The quantitative estimate of drug-likeness (QED) is 0.0725. The number of phenolic OH excluding ortho intramolecular Hbond substituents is 1. The second kappa shape index (κ2) is 25.2. The van der Waals surface area contributed by atoms with Crippen molar-refractivity contribution >= 4 is 51.1 Å². The van der Waals surface area contributed by atoms with Crippen LogP contribution in [0, 0.1) is 25.7 Å². The minimum Gasteiger partial charge on any atom is -0.507 e. The van der Waals surface area contributed by atoms with Crippen LogP contribution < -0.4 is 21.1 Å². The standard InChI is InChI=1S/C26H28N4O4S.C11H11NS.C7H10N2O2.C2H6.CH5N/c1-15(2)11-17-13-24(30-34-17)33-10-9-27-25(32)16-7-8-23-19(12-16)20-14-21(28-29-26(20)35-23)18-5-3-4-6-22(18)31;1-8-3-5-10(6-4-8)11-9(2)12-7-13-11;1-8-7(11)6-3-2-4-9(6)5-10;2*1-2/h3-6,13-16,31H,7-12H2,1-2H3,(H,27,32);3-7H,1-2H3;3,5H,2,4H2,1H3,(H,8,11);1-2H3;2H2,1H3. The van der Waals surface area contributed by atoms with E-state index in [1.54, 1.807) is 54.0 Å². The molecule has 0 fully saturated rings. The summed E-state index contributed by atoms with van der Waals surface area (Å²) in [5.74, 6) is 1.63. The number of hydrogen-bond acceptors (Lipinski definition) is 13. The number of para-hydroxylation sites is 1. The number of aromatic nitrogens is 4. The summed E-state index contributed by atoms with van der Waals surface area (Å²) in [4.78, 5) is 43.3. The Balaban J connectivity index is 0.000000253. The van der Waals surface area contributed by atoms with Crippen molar-refractivity contribution in [2.24, 2.45) is 17.6 Å². The molecule has 16 heteroatoms. The van der Waals surface area contributed by atoms with Crippen LogP contribution in [0.3, 0.4) is 0 Å². The Morgan fingerprint density at radius 3 is 2.49 bits per heavy atom. The van der Waals surface area contributed by atoms with Gasteiger partial charge < -0.3 is 35.6 Å². The van der Waals surface area contributed by atoms with Gasteiger partial charge in [0.1, 0.15) is 28.6 Å². The lowest BCUT2D eigenvalue weighted by atomic mass is 9.86. The number of fused-ring (bicyclic) bond motifs is 3. The largest absolute Gasteiger partial charge is 0.507 e. The van der Waals surface area contributed by atoms with Crippen molar-refractivity contribution < 1.29 is 28.8 Å². The number of carbonyl (C=O) groups excluding carboxylic acids is 3. The normalized spacial score (nSPS) is 13.7.